The summed E-state index contributed by atoms with van der Waals surface area (Å²) in [4.78, 5) is 4.41. The Hall–Kier alpha value is -2.29. The molecular weight excluding hydrogens is 214 g/mol. The van der Waals surface area contributed by atoms with Gasteiger partial charge in [0.15, 0.2) is 5.58 Å². The molecule has 3 heteroatoms. The SMILES string of the molecule is COc1ccc(-c2nc3cc[c]cc3o2)cc1. The number of hydrogen-bond acceptors (Lipinski definition) is 3. The summed E-state index contributed by atoms with van der Waals surface area (Å²) in [5.74, 6) is 1.43. The minimum atomic E-state index is 0.613. The Balaban J connectivity index is 2.07. The minimum Gasteiger partial charge on any atom is -0.497 e. The molecule has 0 saturated heterocycles. The van der Waals surface area contributed by atoms with Crippen LogP contribution in [0.3, 0.4) is 0 Å². The number of fused-ring (bicyclic) bond motifs is 1. The summed E-state index contributed by atoms with van der Waals surface area (Å²) in [5, 5.41) is 0. The van der Waals surface area contributed by atoms with Crippen LogP contribution in [0.2, 0.25) is 0 Å². The first kappa shape index (κ1) is 9.90. The van der Waals surface area contributed by atoms with Gasteiger partial charge in [-0.15, -0.1) is 0 Å². The van der Waals surface area contributed by atoms with Crippen LogP contribution in [0.1, 0.15) is 0 Å². The fraction of sp³-hybridized carbons (Fsp3) is 0.0714. The summed E-state index contributed by atoms with van der Waals surface area (Å²) in [6.07, 6.45) is 0. The van der Waals surface area contributed by atoms with Gasteiger partial charge in [-0.3, -0.25) is 0 Å². The summed E-state index contributed by atoms with van der Waals surface area (Å²) in [5.41, 5.74) is 2.52. The molecule has 1 aromatic heterocycles. The summed E-state index contributed by atoms with van der Waals surface area (Å²) in [6, 6.07) is 16.1. The number of rotatable bonds is 2. The third-order valence-electron chi connectivity index (χ3n) is 2.57. The molecule has 2 aromatic carbocycles. The van der Waals surface area contributed by atoms with Crippen molar-refractivity contribution in [1.82, 2.24) is 4.98 Å². The molecule has 17 heavy (non-hydrogen) atoms. The first-order valence-electron chi connectivity index (χ1n) is 5.28. The third kappa shape index (κ3) is 1.76. The van der Waals surface area contributed by atoms with Crippen molar-refractivity contribution in [3.05, 3.63) is 48.5 Å². The standard InChI is InChI=1S/C14H10NO2/c1-16-11-8-6-10(7-9-11)14-15-12-4-2-3-5-13(12)17-14/h2,4-9H,1H3. The number of nitrogens with zero attached hydrogens (tertiary/aromatic N) is 1. The fourth-order valence-electron chi connectivity index (χ4n) is 1.67. The molecule has 0 bridgehead atoms. The molecule has 3 rings (SSSR count). The van der Waals surface area contributed by atoms with Gasteiger partial charge in [-0.1, -0.05) is 6.07 Å². The van der Waals surface area contributed by atoms with Gasteiger partial charge in [0.2, 0.25) is 5.89 Å². The Morgan fingerprint density at radius 3 is 2.71 bits per heavy atom. The molecule has 1 heterocycles. The minimum absolute atomic E-state index is 0.613. The summed E-state index contributed by atoms with van der Waals surface area (Å²) in [6.45, 7) is 0. The van der Waals surface area contributed by atoms with E-state index in [0.717, 1.165) is 22.4 Å². The zero-order valence-corrected chi connectivity index (χ0v) is 9.31. The van der Waals surface area contributed by atoms with E-state index in [4.69, 9.17) is 9.15 Å². The molecular formula is C14H10NO2. The number of hydrogen-bond donors (Lipinski definition) is 0. The highest BCUT2D eigenvalue weighted by atomic mass is 16.5. The van der Waals surface area contributed by atoms with E-state index in [1.54, 1.807) is 13.2 Å². The largest absolute Gasteiger partial charge is 0.497 e. The highest BCUT2D eigenvalue weighted by molar-refractivity contribution is 5.75. The van der Waals surface area contributed by atoms with Crippen LogP contribution in [0.15, 0.2) is 46.9 Å². The fourth-order valence-corrected chi connectivity index (χ4v) is 1.67. The smallest absolute Gasteiger partial charge is 0.227 e. The molecule has 3 nitrogen and oxygen atoms in total. The monoisotopic (exact) mass is 224 g/mol. The molecule has 0 fully saturated rings. The quantitative estimate of drug-likeness (QED) is 0.670. The molecule has 0 amide bonds. The van der Waals surface area contributed by atoms with Gasteiger partial charge in [-0.25, -0.2) is 4.98 Å². The normalized spacial score (nSPS) is 10.6. The lowest BCUT2D eigenvalue weighted by Gasteiger charge is -1.99. The Bertz CT molecular complexity index is 608. The second-order valence-electron chi connectivity index (χ2n) is 3.64. The second kappa shape index (κ2) is 3.94. The molecule has 1 radical (unpaired) electrons. The average molecular weight is 224 g/mol. The number of methoxy groups -OCH3 is 1. The zero-order valence-electron chi connectivity index (χ0n) is 9.31. The van der Waals surface area contributed by atoms with E-state index < -0.39 is 0 Å². The topological polar surface area (TPSA) is 35.3 Å². The highest BCUT2D eigenvalue weighted by Gasteiger charge is 2.07. The third-order valence-corrected chi connectivity index (χ3v) is 2.57. The van der Waals surface area contributed by atoms with E-state index in [-0.39, 0.29) is 0 Å². The van der Waals surface area contributed by atoms with Crippen molar-refractivity contribution < 1.29 is 9.15 Å². The van der Waals surface area contributed by atoms with Gasteiger partial charge in [-0.05, 0) is 42.5 Å². The van der Waals surface area contributed by atoms with Crippen LogP contribution in [0, 0.1) is 6.07 Å². The first-order valence-corrected chi connectivity index (χ1v) is 5.28. The lowest BCUT2D eigenvalue weighted by Crippen LogP contribution is -1.82. The molecule has 0 N–H and O–H groups in total. The van der Waals surface area contributed by atoms with E-state index >= 15 is 0 Å². The van der Waals surface area contributed by atoms with E-state index in [1.807, 2.05) is 36.4 Å². The second-order valence-corrected chi connectivity index (χ2v) is 3.64. The van der Waals surface area contributed by atoms with Crippen molar-refractivity contribution in [1.29, 1.82) is 0 Å². The number of benzene rings is 2. The van der Waals surface area contributed by atoms with E-state index in [9.17, 15) is 0 Å². The van der Waals surface area contributed by atoms with Crippen LogP contribution in [0.25, 0.3) is 22.6 Å². The van der Waals surface area contributed by atoms with Crippen molar-refractivity contribution in [2.24, 2.45) is 0 Å². The van der Waals surface area contributed by atoms with Crippen LogP contribution < -0.4 is 4.74 Å². The number of aromatic nitrogens is 1. The van der Waals surface area contributed by atoms with Crippen LogP contribution in [0.4, 0.5) is 0 Å². The predicted molar refractivity (Wildman–Crippen MR) is 64.8 cm³/mol. The van der Waals surface area contributed by atoms with Crippen molar-refractivity contribution in [3.63, 3.8) is 0 Å². The van der Waals surface area contributed by atoms with Crippen molar-refractivity contribution in [2.75, 3.05) is 7.11 Å². The molecule has 0 unspecified atom stereocenters. The van der Waals surface area contributed by atoms with Crippen LogP contribution in [-0.4, -0.2) is 12.1 Å². The van der Waals surface area contributed by atoms with Crippen LogP contribution >= 0.6 is 0 Å². The molecule has 83 valence electrons. The highest BCUT2D eigenvalue weighted by Crippen LogP contribution is 2.25. The van der Waals surface area contributed by atoms with Gasteiger partial charge < -0.3 is 9.15 Å². The molecule has 0 atom stereocenters. The summed E-state index contributed by atoms with van der Waals surface area (Å²) in [7, 11) is 1.64. The maximum Gasteiger partial charge on any atom is 0.227 e. The number of ether oxygens (including phenoxy) is 1. The molecule has 0 aliphatic heterocycles. The molecule has 0 saturated carbocycles. The lowest BCUT2D eigenvalue weighted by molar-refractivity contribution is 0.415. The zero-order chi connectivity index (χ0) is 11.7. The van der Waals surface area contributed by atoms with Gasteiger partial charge in [0, 0.05) is 5.56 Å². The van der Waals surface area contributed by atoms with Gasteiger partial charge in [0.25, 0.3) is 0 Å². The molecule has 0 spiro atoms. The van der Waals surface area contributed by atoms with E-state index in [1.165, 1.54) is 0 Å². The molecule has 0 aliphatic carbocycles. The van der Waals surface area contributed by atoms with Crippen molar-refractivity contribution in [3.8, 4) is 17.2 Å². The van der Waals surface area contributed by atoms with Crippen molar-refractivity contribution in [2.45, 2.75) is 0 Å². The maximum absolute atomic E-state index is 5.64. The lowest BCUT2D eigenvalue weighted by atomic mass is 10.2. The van der Waals surface area contributed by atoms with Crippen molar-refractivity contribution >= 4 is 11.1 Å². The van der Waals surface area contributed by atoms with E-state index in [0.29, 0.717) is 5.89 Å². The summed E-state index contributed by atoms with van der Waals surface area (Å²) >= 11 is 0. The summed E-state index contributed by atoms with van der Waals surface area (Å²) < 4.78 is 10.8. The Morgan fingerprint density at radius 2 is 2.00 bits per heavy atom. The molecule has 0 aliphatic rings. The van der Waals surface area contributed by atoms with Gasteiger partial charge in [0.1, 0.15) is 11.3 Å². The Morgan fingerprint density at radius 1 is 1.18 bits per heavy atom. The predicted octanol–water partition coefficient (Wildman–Crippen LogP) is 3.30. The van der Waals surface area contributed by atoms with Gasteiger partial charge in [0.05, 0.1) is 7.11 Å². The molecule has 3 aromatic rings. The van der Waals surface area contributed by atoms with Crippen LogP contribution in [0.5, 0.6) is 5.75 Å². The first-order chi connectivity index (χ1) is 8.36. The van der Waals surface area contributed by atoms with E-state index in [2.05, 4.69) is 11.1 Å². The Kier molecular flexibility index (Phi) is 2.29. The average Bonchev–Trinajstić information content (AvgIpc) is 2.82. The Labute approximate surface area is 98.7 Å². The van der Waals surface area contributed by atoms with Crippen LogP contribution in [-0.2, 0) is 0 Å². The maximum atomic E-state index is 5.64. The van der Waals surface area contributed by atoms with Gasteiger partial charge >= 0.3 is 0 Å². The van der Waals surface area contributed by atoms with Gasteiger partial charge in [-0.2, -0.15) is 0 Å². The number of oxazole rings is 1.